The molecule has 29 heavy (non-hydrogen) atoms. The third-order valence-corrected chi connectivity index (χ3v) is 5.98. The number of aliphatic carboxylic acids is 1. The highest BCUT2D eigenvalue weighted by molar-refractivity contribution is 6.31. The molecule has 3 unspecified atom stereocenters. The molecule has 1 aliphatic rings. The van der Waals surface area contributed by atoms with E-state index in [0.29, 0.717) is 22.1 Å². The molecule has 1 aliphatic carbocycles. The van der Waals surface area contributed by atoms with Gasteiger partial charge in [0.15, 0.2) is 17.5 Å². The number of rotatable bonds is 5. The first-order valence-corrected chi connectivity index (χ1v) is 9.91. The molecule has 4 rings (SSSR count). The second-order valence-corrected chi connectivity index (χ2v) is 7.99. The van der Waals surface area contributed by atoms with Gasteiger partial charge in [-0.05, 0) is 24.3 Å². The maximum absolute atomic E-state index is 14.5. The van der Waals surface area contributed by atoms with Crippen LogP contribution in [0.4, 0.5) is 10.2 Å². The SMILES string of the molecule is CCC1C[C@H](C)C(Nc2nc(-c3c[nH]c4ncc(Cl)cc34)ncc2F)C1C(=O)O. The van der Waals surface area contributed by atoms with E-state index in [1.807, 2.05) is 13.8 Å². The first-order chi connectivity index (χ1) is 13.9. The van der Waals surface area contributed by atoms with E-state index < -0.39 is 23.7 Å². The largest absolute Gasteiger partial charge is 0.481 e. The van der Waals surface area contributed by atoms with E-state index >= 15 is 0 Å². The molecule has 3 aromatic heterocycles. The number of nitrogens with one attached hydrogen (secondary N) is 2. The average molecular weight is 418 g/mol. The van der Waals surface area contributed by atoms with E-state index in [-0.39, 0.29) is 17.7 Å². The van der Waals surface area contributed by atoms with E-state index in [4.69, 9.17) is 11.6 Å². The Labute approximate surface area is 171 Å². The highest BCUT2D eigenvalue weighted by atomic mass is 35.5. The van der Waals surface area contributed by atoms with Gasteiger partial charge in [-0.1, -0.05) is 31.9 Å². The molecule has 7 nitrogen and oxygen atoms in total. The quantitative estimate of drug-likeness (QED) is 0.569. The lowest BCUT2D eigenvalue weighted by Crippen LogP contribution is -2.36. The molecule has 3 N–H and O–H groups in total. The second-order valence-electron chi connectivity index (χ2n) is 7.56. The summed E-state index contributed by atoms with van der Waals surface area (Å²) >= 11 is 6.05. The molecule has 1 fully saturated rings. The first kappa shape index (κ1) is 19.6. The van der Waals surface area contributed by atoms with E-state index in [9.17, 15) is 14.3 Å². The number of carboxylic acids is 1. The van der Waals surface area contributed by atoms with Crippen molar-refractivity contribution in [1.82, 2.24) is 19.9 Å². The molecule has 152 valence electrons. The Hall–Kier alpha value is -2.74. The van der Waals surface area contributed by atoms with Crippen LogP contribution in [-0.4, -0.2) is 37.1 Å². The Morgan fingerprint density at radius 3 is 2.93 bits per heavy atom. The number of fused-ring (bicyclic) bond motifs is 1. The molecular formula is C20H21ClFN5O2. The Kier molecular flexibility index (Phi) is 5.12. The number of aromatic nitrogens is 4. The summed E-state index contributed by atoms with van der Waals surface area (Å²) in [5.74, 6) is -1.66. The van der Waals surface area contributed by atoms with Crippen molar-refractivity contribution in [2.45, 2.75) is 32.7 Å². The summed E-state index contributed by atoms with van der Waals surface area (Å²) in [4.78, 5) is 27.5. The van der Waals surface area contributed by atoms with Crippen molar-refractivity contribution in [3.8, 4) is 11.4 Å². The van der Waals surface area contributed by atoms with Gasteiger partial charge in [-0.3, -0.25) is 4.79 Å². The first-order valence-electron chi connectivity index (χ1n) is 9.54. The van der Waals surface area contributed by atoms with Gasteiger partial charge in [-0.25, -0.2) is 19.3 Å². The number of carboxylic acid groups (broad SMARTS) is 1. The Morgan fingerprint density at radius 1 is 1.41 bits per heavy atom. The number of anilines is 1. The standard InChI is InChI=1S/C20H21ClFN5O2/c1-3-10-4-9(2)16(15(10)20(28)29)26-19-14(22)8-25-18(27-19)13-7-24-17-12(13)5-11(21)6-23-17/h5-10,15-16H,3-4H2,1-2H3,(H,23,24)(H,28,29)(H,25,26,27)/t9-,10?,15?,16?/m0/s1. The minimum atomic E-state index is -0.870. The number of nitrogens with zero attached hydrogens (tertiary/aromatic N) is 3. The Morgan fingerprint density at radius 2 is 2.21 bits per heavy atom. The van der Waals surface area contributed by atoms with Gasteiger partial charge < -0.3 is 15.4 Å². The highest BCUT2D eigenvalue weighted by Crippen LogP contribution is 2.40. The van der Waals surface area contributed by atoms with E-state index in [2.05, 4.69) is 25.3 Å². The second kappa shape index (κ2) is 7.59. The number of halogens is 2. The summed E-state index contributed by atoms with van der Waals surface area (Å²) in [6.45, 7) is 3.96. The Balaban J connectivity index is 1.70. The van der Waals surface area contributed by atoms with Crippen LogP contribution in [0, 0.1) is 23.6 Å². The molecule has 0 aliphatic heterocycles. The highest BCUT2D eigenvalue weighted by Gasteiger charge is 2.45. The van der Waals surface area contributed by atoms with Crippen molar-refractivity contribution in [3.05, 3.63) is 35.5 Å². The van der Waals surface area contributed by atoms with Crippen LogP contribution in [-0.2, 0) is 4.79 Å². The van der Waals surface area contributed by atoms with Crippen LogP contribution in [0.2, 0.25) is 5.02 Å². The molecule has 0 bridgehead atoms. The summed E-state index contributed by atoms with van der Waals surface area (Å²) in [6.07, 6.45) is 5.85. The fourth-order valence-corrected chi connectivity index (χ4v) is 4.50. The van der Waals surface area contributed by atoms with Crippen molar-refractivity contribution in [2.75, 3.05) is 5.32 Å². The number of hydrogen-bond acceptors (Lipinski definition) is 5. The van der Waals surface area contributed by atoms with Gasteiger partial charge in [-0.15, -0.1) is 0 Å². The predicted octanol–water partition coefficient (Wildman–Crippen LogP) is 4.36. The lowest BCUT2D eigenvalue weighted by Gasteiger charge is -2.24. The van der Waals surface area contributed by atoms with Crippen LogP contribution in [0.3, 0.4) is 0 Å². The zero-order valence-corrected chi connectivity index (χ0v) is 16.7. The predicted molar refractivity (Wildman–Crippen MR) is 108 cm³/mol. The fraction of sp³-hybridized carbons (Fsp3) is 0.400. The third-order valence-electron chi connectivity index (χ3n) is 5.78. The van der Waals surface area contributed by atoms with Crippen molar-refractivity contribution in [1.29, 1.82) is 0 Å². The topological polar surface area (TPSA) is 104 Å². The van der Waals surface area contributed by atoms with E-state index in [1.54, 1.807) is 12.3 Å². The van der Waals surface area contributed by atoms with Gasteiger partial charge in [0.1, 0.15) is 5.65 Å². The van der Waals surface area contributed by atoms with Crippen LogP contribution in [0.1, 0.15) is 26.7 Å². The number of carbonyl (C=O) groups is 1. The summed E-state index contributed by atoms with van der Waals surface area (Å²) in [6, 6.07) is 1.33. The smallest absolute Gasteiger partial charge is 0.308 e. The van der Waals surface area contributed by atoms with Crippen LogP contribution in [0.5, 0.6) is 0 Å². The van der Waals surface area contributed by atoms with Gasteiger partial charge >= 0.3 is 5.97 Å². The van der Waals surface area contributed by atoms with Gasteiger partial charge in [-0.2, -0.15) is 0 Å². The zero-order valence-electron chi connectivity index (χ0n) is 16.0. The Bertz CT molecular complexity index is 1070. The monoisotopic (exact) mass is 417 g/mol. The summed E-state index contributed by atoms with van der Waals surface area (Å²) < 4.78 is 14.5. The molecule has 0 amide bonds. The molecule has 1 saturated carbocycles. The molecule has 4 atom stereocenters. The van der Waals surface area contributed by atoms with Crippen LogP contribution >= 0.6 is 11.6 Å². The van der Waals surface area contributed by atoms with Crippen molar-refractivity contribution >= 4 is 34.4 Å². The number of hydrogen-bond donors (Lipinski definition) is 3. The minimum Gasteiger partial charge on any atom is -0.481 e. The van der Waals surface area contributed by atoms with Crippen molar-refractivity contribution in [3.63, 3.8) is 0 Å². The van der Waals surface area contributed by atoms with Crippen LogP contribution in [0.25, 0.3) is 22.4 Å². The lowest BCUT2D eigenvalue weighted by molar-refractivity contribution is -0.143. The molecule has 3 heterocycles. The zero-order chi connectivity index (χ0) is 20.7. The number of H-pyrrole nitrogens is 1. The molecule has 0 aromatic carbocycles. The molecule has 0 radical (unpaired) electrons. The van der Waals surface area contributed by atoms with Gasteiger partial charge in [0.2, 0.25) is 0 Å². The number of pyridine rings is 1. The van der Waals surface area contributed by atoms with Gasteiger partial charge in [0.25, 0.3) is 0 Å². The minimum absolute atomic E-state index is 0.000750. The van der Waals surface area contributed by atoms with E-state index in [0.717, 1.165) is 24.4 Å². The maximum Gasteiger partial charge on any atom is 0.308 e. The summed E-state index contributed by atoms with van der Waals surface area (Å²) in [5.41, 5.74) is 1.26. The van der Waals surface area contributed by atoms with Gasteiger partial charge in [0.05, 0.1) is 17.1 Å². The normalized spacial score (nSPS) is 24.1. The lowest BCUT2D eigenvalue weighted by atomic mass is 9.91. The molecule has 9 heteroatoms. The molecular weight excluding hydrogens is 397 g/mol. The molecule has 0 spiro atoms. The van der Waals surface area contributed by atoms with Crippen molar-refractivity contribution < 1.29 is 14.3 Å². The maximum atomic E-state index is 14.5. The molecule has 3 aromatic rings. The third kappa shape index (κ3) is 3.53. The average Bonchev–Trinajstić information content (AvgIpc) is 3.24. The molecule has 0 saturated heterocycles. The van der Waals surface area contributed by atoms with E-state index in [1.165, 1.54) is 6.20 Å². The summed E-state index contributed by atoms with van der Waals surface area (Å²) in [7, 11) is 0. The van der Waals surface area contributed by atoms with Gasteiger partial charge in [0, 0.05) is 29.4 Å². The van der Waals surface area contributed by atoms with Crippen LogP contribution in [0.15, 0.2) is 24.7 Å². The number of aromatic amines is 1. The van der Waals surface area contributed by atoms with Crippen LogP contribution < -0.4 is 5.32 Å². The summed E-state index contributed by atoms with van der Waals surface area (Å²) in [5, 5.41) is 14.0. The van der Waals surface area contributed by atoms with Crippen molar-refractivity contribution in [2.24, 2.45) is 17.8 Å². The fourth-order valence-electron chi connectivity index (χ4n) is 4.34.